The highest BCUT2D eigenvalue weighted by molar-refractivity contribution is 6.07. The fourth-order valence-electron chi connectivity index (χ4n) is 2.41. The summed E-state index contributed by atoms with van der Waals surface area (Å²) in [5.41, 5.74) is 2.34. The maximum Gasteiger partial charge on any atom is 0.339 e. The molecule has 2 heterocycles. The third-order valence-corrected chi connectivity index (χ3v) is 4.01. The SMILES string of the molecule is COC(=O)c1cc(C)c(C)cc1NC(=O)c1ccc(-n2cncc2F)nn1. The number of nitrogens with zero attached hydrogens (tertiary/aromatic N) is 4. The van der Waals surface area contributed by atoms with Gasteiger partial charge in [-0.15, -0.1) is 10.2 Å². The maximum absolute atomic E-state index is 13.5. The number of anilines is 1. The minimum Gasteiger partial charge on any atom is -0.465 e. The van der Waals surface area contributed by atoms with Crippen molar-refractivity contribution in [3.05, 3.63) is 65.1 Å². The molecule has 1 amide bonds. The van der Waals surface area contributed by atoms with E-state index < -0.39 is 17.8 Å². The molecule has 3 aromatic rings. The van der Waals surface area contributed by atoms with E-state index in [0.717, 1.165) is 21.9 Å². The summed E-state index contributed by atoms with van der Waals surface area (Å²) in [6.45, 7) is 3.72. The summed E-state index contributed by atoms with van der Waals surface area (Å²) in [6.07, 6.45) is 2.28. The van der Waals surface area contributed by atoms with Crippen molar-refractivity contribution >= 4 is 17.6 Å². The van der Waals surface area contributed by atoms with Gasteiger partial charge in [-0.1, -0.05) is 0 Å². The van der Waals surface area contributed by atoms with Crippen LogP contribution in [0.4, 0.5) is 10.1 Å². The standard InChI is InChI=1S/C18H16FN5O3/c1-10-6-12(18(26)27-3)14(7-11(10)2)21-17(25)13-4-5-16(23-22-13)24-9-20-8-15(24)19/h4-9H,1-3H3,(H,21,25). The van der Waals surface area contributed by atoms with Gasteiger partial charge in [0.25, 0.3) is 5.91 Å². The van der Waals surface area contributed by atoms with Gasteiger partial charge in [0.15, 0.2) is 11.5 Å². The van der Waals surface area contributed by atoms with Crippen LogP contribution in [0.5, 0.6) is 0 Å². The van der Waals surface area contributed by atoms with Crippen molar-refractivity contribution in [2.75, 3.05) is 12.4 Å². The van der Waals surface area contributed by atoms with Crippen LogP contribution in [0.3, 0.4) is 0 Å². The number of amides is 1. The van der Waals surface area contributed by atoms with Crippen LogP contribution in [-0.4, -0.2) is 38.7 Å². The topological polar surface area (TPSA) is 99.0 Å². The summed E-state index contributed by atoms with van der Waals surface area (Å²) in [5, 5.41) is 10.3. The number of aryl methyl sites for hydroxylation is 2. The molecule has 0 aliphatic heterocycles. The van der Waals surface area contributed by atoms with E-state index in [4.69, 9.17) is 4.74 Å². The fraction of sp³-hybridized carbons (Fsp3) is 0.167. The summed E-state index contributed by atoms with van der Waals surface area (Å²) in [4.78, 5) is 28.1. The smallest absolute Gasteiger partial charge is 0.339 e. The molecule has 0 fully saturated rings. The number of aromatic nitrogens is 4. The Labute approximate surface area is 154 Å². The second-order valence-corrected chi connectivity index (χ2v) is 5.79. The van der Waals surface area contributed by atoms with E-state index in [1.807, 2.05) is 13.8 Å². The van der Waals surface area contributed by atoms with Gasteiger partial charge < -0.3 is 10.1 Å². The Kier molecular flexibility index (Phi) is 4.93. The van der Waals surface area contributed by atoms with E-state index in [-0.39, 0.29) is 17.1 Å². The molecule has 27 heavy (non-hydrogen) atoms. The molecule has 1 N–H and O–H groups in total. The van der Waals surface area contributed by atoms with Crippen LogP contribution in [0.1, 0.15) is 32.0 Å². The van der Waals surface area contributed by atoms with Crippen LogP contribution in [0.15, 0.2) is 36.8 Å². The van der Waals surface area contributed by atoms with Gasteiger partial charge in [-0.05, 0) is 49.2 Å². The van der Waals surface area contributed by atoms with E-state index in [2.05, 4.69) is 20.5 Å². The first-order chi connectivity index (χ1) is 12.9. The molecule has 2 aromatic heterocycles. The van der Waals surface area contributed by atoms with Crippen molar-refractivity contribution in [1.29, 1.82) is 0 Å². The third kappa shape index (κ3) is 3.66. The molecule has 0 saturated heterocycles. The normalized spacial score (nSPS) is 10.5. The zero-order valence-electron chi connectivity index (χ0n) is 14.9. The van der Waals surface area contributed by atoms with Gasteiger partial charge in [0.1, 0.15) is 6.33 Å². The molecule has 8 nitrogen and oxygen atoms in total. The zero-order valence-corrected chi connectivity index (χ0v) is 14.9. The number of carbonyl (C=O) groups is 2. The molecule has 1 aromatic carbocycles. The molecular weight excluding hydrogens is 353 g/mol. The average molecular weight is 369 g/mol. The van der Waals surface area contributed by atoms with Gasteiger partial charge >= 0.3 is 5.97 Å². The summed E-state index contributed by atoms with van der Waals surface area (Å²) in [6, 6.07) is 6.17. The van der Waals surface area contributed by atoms with Gasteiger partial charge in [0.2, 0.25) is 5.95 Å². The highest BCUT2D eigenvalue weighted by atomic mass is 19.1. The van der Waals surface area contributed by atoms with Gasteiger partial charge in [0, 0.05) is 0 Å². The van der Waals surface area contributed by atoms with Gasteiger partial charge in [-0.3, -0.25) is 9.36 Å². The fourth-order valence-corrected chi connectivity index (χ4v) is 2.41. The van der Waals surface area contributed by atoms with Crippen molar-refractivity contribution in [2.45, 2.75) is 13.8 Å². The Bertz CT molecular complexity index is 1010. The van der Waals surface area contributed by atoms with E-state index in [1.165, 1.54) is 25.6 Å². The lowest BCUT2D eigenvalue weighted by molar-refractivity contribution is 0.0602. The van der Waals surface area contributed by atoms with Gasteiger partial charge in [-0.25, -0.2) is 9.78 Å². The van der Waals surface area contributed by atoms with Crippen molar-refractivity contribution in [3.8, 4) is 5.82 Å². The van der Waals surface area contributed by atoms with Gasteiger partial charge in [0.05, 0.1) is 24.6 Å². The number of rotatable bonds is 4. The largest absolute Gasteiger partial charge is 0.465 e. The molecule has 138 valence electrons. The Balaban J connectivity index is 1.86. The molecule has 0 spiro atoms. The van der Waals surface area contributed by atoms with Crippen molar-refractivity contribution in [3.63, 3.8) is 0 Å². The number of hydrogen-bond acceptors (Lipinski definition) is 6. The lowest BCUT2D eigenvalue weighted by Gasteiger charge is -2.12. The number of hydrogen-bond donors (Lipinski definition) is 1. The molecule has 0 aliphatic carbocycles. The molecule has 0 atom stereocenters. The Morgan fingerprint density at radius 2 is 1.89 bits per heavy atom. The van der Waals surface area contributed by atoms with Crippen molar-refractivity contribution < 1.29 is 18.7 Å². The number of ether oxygens (including phenoxy) is 1. The zero-order chi connectivity index (χ0) is 19.6. The highest BCUT2D eigenvalue weighted by Crippen LogP contribution is 2.22. The van der Waals surface area contributed by atoms with E-state index >= 15 is 0 Å². The second-order valence-electron chi connectivity index (χ2n) is 5.79. The monoisotopic (exact) mass is 369 g/mol. The van der Waals surface area contributed by atoms with E-state index in [1.54, 1.807) is 12.1 Å². The summed E-state index contributed by atoms with van der Waals surface area (Å²) >= 11 is 0. The lowest BCUT2D eigenvalue weighted by Crippen LogP contribution is -2.18. The molecular formula is C18H16FN5O3. The molecule has 9 heteroatoms. The first kappa shape index (κ1) is 18.2. The number of carbonyl (C=O) groups excluding carboxylic acids is 2. The van der Waals surface area contributed by atoms with Crippen LogP contribution >= 0.6 is 0 Å². The maximum atomic E-state index is 13.5. The first-order valence-corrected chi connectivity index (χ1v) is 7.93. The second kappa shape index (κ2) is 7.32. The minimum absolute atomic E-state index is 0.00770. The quantitative estimate of drug-likeness (QED) is 0.709. The number of imidazole rings is 1. The molecule has 0 aliphatic rings. The van der Waals surface area contributed by atoms with E-state index in [0.29, 0.717) is 5.69 Å². The molecule has 0 bridgehead atoms. The Hall–Kier alpha value is -3.62. The average Bonchev–Trinajstić information content (AvgIpc) is 3.10. The minimum atomic E-state index is -0.598. The van der Waals surface area contributed by atoms with Gasteiger partial charge in [-0.2, -0.15) is 4.39 Å². The van der Waals surface area contributed by atoms with Crippen molar-refractivity contribution in [2.24, 2.45) is 0 Å². The number of methoxy groups -OCH3 is 1. The third-order valence-electron chi connectivity index (χ3n) is 4.01. The number of nitrogens with one attached hydrogen (secondary N) is 1. The summed E-state index contributed by atoms with van der Waals surface area (Å²) in [5.74, 6) is -1.54. The summed E-state index contributed by atoms with van der Waals surface area (Å²) < 4.78 is 19.4. The van der Waals surface area contributed by atoms with Crippen LogP contribution in [0.2, 0.25) is 0 Å². The number of benzene rings is 1. The number of esters is 1. The Morgan fingerprint density at radius 3 is 2.48 bits per heavy atom. The highest BCUT2D eigenvalue weighted by Gasteiger charge is 2.17. The van der Waals surface area contributed by atoms with Crippen molar-refractivity contribution in [1.82, 2.24) is 19.7 Å². The molecule has 3 rings (SSSR count). The molecule has 0 unspecified atom stereocenters. The van der Waals surface area contributed by atoms with E-state index in [9.17, 15) is 14.0 Å². The molecule has 0 saturated carbocycles. The summed E-state index contributed by atoms with van der Waals surface area (Å²) in [7, 11) is 1.27. The van der Waals surface area contributed by atoms with Crippen LogP contribution in [0.25, 0.3) is 5.82 Å². The van der Waals surface area contributed by atoms with Crippen LogP contribution in [-0.2, 0) is 4.74 Å². The first-order valence-electron chi connectivity index (χ1n) is 7.93. The predicted octanol–water partition coefficient (Wildman–Crippen LogP) is 2.46. The van der Waals surface area contributed by atoms with Crippen LogP contribution < -0.4 is 5.32 Å². The Morgan fingerprint density at radius 1 is 1.15 bits per heavy atom. The lowest BCUT2D eigenvalue weighted by atomic mass is 10.0. The predicted molar refractivity (Wildman–Crippen MR) is 94.3 cm³/mol. The molecule has 0 radical (unpaired) electrons. The number of halogens is 1. The van der Waals surface area contributed by atoms with Crippen LogP contribution in [0, 0.1) is 19.8 Å².